The summed E-state index contributed by atoms with van der Waals surface area (Å²) < 4.78 is 0. The van der Waals surface area contributed by atoms with Crippen molar-refractivity contribution in [1.29, 1.82) is 0 Å². The standard InChI is InChI=1S/C23H37N3O.ClH/c1-5-24-22(27)26-16-14-25(15-17-26)21-9-7-6-8-20(21)18-10-12-19(13-11-18)23(2,3)4;/h6-9,18-19H,5,10-17H2,1-4H3,(H,24,27);1H. The minimum Gasteiger partial charge on any atom is -0.368 e. The molecule has 1 heterocycles. The molecule has 0 aromatic heterocycles. The lowest BCUT2D eigenvalue weighted by Crippen LogP contribution is -2.52. The van der Waals surface area contributed by atoms with Crippen molar-refractivity contribution in [3.05, 3.63) is 29.8 Å². The number of nitrogens with one attached hydrogen (secondary N) is 1. The van der Waals surface area contributed by atoms with Gasteiger partial charge < -0.3 is 15.1 Å². The van der Waals surface area contributed by atoms with E-state index < -0.39 is 0 Å². The van der Waals surface area contributed by atoms with E-state index in [1.54, 1.807) is 0 Å². The van der Waals surface area contributed by atoms with Crippen LogP contribution in [0.15, 0.2) is 24.3 Å². The fourth-order valence-corrected chi connectivity index (χ4v) is 4.80. The molecule has 0 atom stereocenters. The number of benzene rings is 1. The van der Waals surface area contributed by atoms with E-state index in [-0.39, 0.29) is 18.4 Å². The molecule has 3 rings (SSSR count). The first kappa shape index (κ1) is 22.9. The smallest absolute Gasteiger partial charge is 0.317 e. The van der Waals surface area contributed by atoms with E-state index in [2.05, 4.69) is 55.3 Å². The minimum absolute atomic E-state index is 0. The highest BCUT2D eigenvalue weighted by atomic mass is 35.5. The van der Waals surface area contributed by atoms with Gasteiger partial charge in [-0.05, 0) is 61.5 Å². The van der Waals surface area contributed by atoms with Crippen LogP contribution in [0.1, 0.15) is 64.9 Å². The quantitative estimate of drug-likeness (QED) is 0.739. The van der Waals surface area contributed by atoms with Gasteiger partial charge >= 0.3 is 6.03 Å². The Morgan fingerprint density at radius 2 is 1.64 bits per heavy atom. The number of nitrogens with zero attached hydrogens (tertiary/aromatic N) is 2. The van der Waals surface area contributed by atoms with Gasteiger partial charge in [0.15, 0.2) is 0 Å². The molecule has 28 heavy (non-hydrogen) atoms. The molecule has 2 amide bonds. The molecule has 2 aliphatic rings. The Balaban J connectivity index is 0.00000280. The summed E-state index contributed by atoms with van der Waals surface area (Å²) >= 11 is 0. The Kier molecular flexibility index (Phi) is 8.06. The zero-order valence-corrected chi connectivity index (χ0v) is 18.9. The van der Waals surface area contributed by atoms with E-state index in [4.69, 9.17) is 0 Å². The number of halogens is 1. The average molecular weight is 408 g/mol. The third kappa shape index (κ3) is 5.34. The van der Waals surface area contributed by atoms with Crippen LogP contribution in [0.3, 0.4) is 0 Å². The lowest BCUT2D eigenvalue weighted by molar-refractivity contribution is 0.169. The van der Waals surface area contributed by atoms with E-state index in [0.29, 0.717) is 17.9 Å². The molecule has 0 radical (unpaired) electrons. The van der Waals surface area contributed by atoms with Crippen molar-refractivity contribution in [3.8, 4) is 0 Å². The second-order valence-electron chi connectivity index (χ2n) is 9.28. The predicted octanol–water partition coefficient (Wildman–Crippen LogP) is 5.28. The van der Waals surface area contributed by atoms with Crippen LogP contribution in [-0.2, 0) is 0 Å². The molecule has 1 aromatic carbocycles. The molecule has 1 N–H and O–H groups in total. The van der Waals surface area contributed by atoms with Crippen LogP contribution in [0.2, 0.25) is 0 Å². The second kappa shape index (κ2) is 9.87. The summed E-state index contributed by atoms with van der Waals surface area (Å²) in [6, 6.07) is 9.06. The van der Waals surface area contributed by atoms with Crippen molar-refractivity contribution >= 4 is 24.1 Å². The highest BCUT2D eigenvalue weighted by Crippen LogP contribution is 2.45. The van der Waals surface area contributed by atoms with E-state index >= 15 is 0 Å². The fraction of sp³-hybridized carbons (Fsp3) is 0.696. The Labute approximate surface area is 177 Å². The van der Waals surface area contributed by atoms with Crippen LogP contribution < -0.4 is 10.2 Å². The average Bonchev–Trinajstić information content (AvgIpc) is 2.68. The molecule has 0 spiro atoms. The van der Waals surface area contributed by atoms with Gasteiger partial charge in [-0.1, -0.05) is 39.0 Å². The van der Waals surface area contributed by atoms with E-state index in [9.17, 15) is 4.79 Å². The maximum atomic E-state index is 12.1. The molecule has 1 aliphatic heterocycles. The molecule has 1 aromatic rings. The number of carbonyl (C=O) groups is 1. The van der Waals surface area contributed by atoms with Crippen LogP contribution in [0.5, 0.6) is 0 Å². The van der Waals surface area contributed by atoms with Crippen molar-refractivity contribution in [2.24, 2.45) is 11.3 Å². The lowest BCUT2D eigenvalue weighted by atomic mass is 9.68. The van der Waals surface area contributed by atoms with Crippen molar-refractivity contribution in [2.75, 3.05) is 37.6 Å². The first-order valence-corrected chi connectivity index (χ1v) is 10.8. The molecule has 158 valence electrons. The summed E-state index contributed by atoms with van der Waals surface area (Å²) in [5.41, 5.74) is 3.35. The SMILES string of the molecule is CCNC(=O)N1CCN(c2ccccc2C2CCC(C(C)(C)C)CC2)CC1.Cl. The second-order valence-corrected chi connectivity index (χ2v) is 9.28. The zero-order valence-electron chi connectivity index (χ0n) is 18.0. The van der Waals surface area contributed by atoms with E-state index in [1.807, 2.05) is 11.8 Å². The number of anilines is 1. The Bertz CT molecular complexity index is 627. The van der Waals surface area contributed by atoms with Gasteiger partial charge in [-0.25, -0.2) is 4.79 Å². The number of hydrogen-bond donors (Lipinski definition) is 1. The van der Waals surface area contributed by atoms with Crippen LogP contribution in [0.4, 0.5) is 10.5 Å². The normalized spacial score (nSPS) is 23.1. The van der Waals surface area contributed by atoms with Gasteiger partial charge in [0.25, 0.3) is 0 Å². The largest absolute Gasteiger partial charge is 0.368 e. The number of urea groups is 1. The van der Waals surface area contributed by atoms with Gasteiger partial charge in [0, 0.05) is 38.4 Å². The van der Waals surface area contributed by atoms with Crippen LogP contribution >= 0.6 is 12.4 Å². The number of piperazine rings is 1. The first-order chi connectivity index (χ1) is 12.9. The molecule has 0 bridgehead atoms. The molecule has 0 unspecified atom stereocenters. The van der Waals surface area contributed by atoms with Crippen molar-refractivity contribution in [2.45, 2.75) is 59.3 Å². The van der Waals surface area contributed by atoms with Gasteiger partial charge in [0.1, 0.15) is 0 Å². The van der Waals surface area contributed by atoms with Crippen molar-refractivity contribution in [3.63, 3.8) is 0 Å². The molecule has 1 saturated heterocycles. The highest BCUT2D eigenvalue weighted by Gasteiger charge is 2.32. The Hall–Kier alpha value is -1.42. The Morgan fingerprint density at radius 1 is 1.04 bits per heavy atom. The molecule has 4 nitrogen and oxygen atoms in total. The monoisotopic (exact) mass is 407 g/mol. The molecular weight excluding hydrogens is 370 g/mol. The molecular formula is C23H38ClN3O. The van der Waals surface area contributed by atoms with Crippen molar-refractivity contribution < 1.29 is 4.79 Å². The topological polar surface area (TPSA) is 35.6 Å². The van der Waals surface area contributed by atoms with Crippen LogP contribution in [0.25, 0.3) is 0 Å². The summed E-state index contributed by atoms with van der Waals surface area (Å²) in [6.45, 7) is 13.3. The zero-order chi connectivity index (χ0) is 19.4. The molecule has 1 aliphatic carbocycles. The molecule has 1 saturated carbocycles. The van der Waals surface area contributed by atoms with Gasteiger partial charge in [0.05, 0.1) is 0 Å². The predicted molar refractivity (Wildman–Crippen MR) is 121 cm³/mol. The number of para-hydroxylation sites is 1. The van der Waals surface area contributed by atoms with Gasteiger partial charge in [-0.3, -0.25) is 0 Å². The van der Waals surface area contributed by atoms with Crippen LogP contribution in [0, 0.1) is 11.3 Å². The van der Waals surface area contributed by atoms with E-state index in [0.717, 1.165) is 32.1 Å². The maximum absolute atomic E-state index is 12.1. The Morgan fingerprint density at radius 3 is 2.21 bits per heavy atom. The molecule has 5 heteroatoms. The number of rotatable bonds is 3. The number of amides is 2. The fourth-order valence-electron chi connectivity index (χ4n) is 4.80. The summed E-state index contributed by atoms with van der Waals surface area (Å²) in [6.07, 6.45) is 5.29. The lowest BCUT2D eigenvalue weighted by Gasteiger charge is -2.40. The number of hydrogen-bond acceptors (Lipinski definition) is 2. The molecule has 2 fully saturated rings. The maximum Gasteiger partial charge on any atom is 0.317 e. The summed E-state index contributed by atoms with van der Waals surface area (Å²) in [5.74, 6) is 1.53. The van der Waals surface area contributed by atoms with Gasteiger partial charge in [0.2, 0.25) is 0 Å². The summed E-state index contributed by atoms with van der Waals surface area (Å²) in [7, 11) is 0. The van der Waals surface area contributed by atoms with Crippen LogP contribution in [-0.4, -0.2) is 43.7 Å². The highest BCUT2D eigenvalue weighted by molar-refractivity contribution is 5.85. The summed E-state index contributed by atoms with van der Waals surface area (Å²) in [4.78, 5) is 16.5. The van der Waals surface area contributed by atoms with Crippen molar-refractivity contribution in [1.82, 2.24) is 10.2 Å². The third-order valence-corrected chi connectivity index (χ3v) is 6.56. The number of carbonyl (C=O) groups excluding carboxylic acids is 1. The van der Waals surface area contributed by atoms with E-state index in [1.165, 1.54) is 36.9 Å². The third-order valence-electron chi connectivity index (χ3n) is 6.56. The summed E-state index contributed by atoms with van der Waals surface area (Å²) in [5, 5.41) is 2.92. The van der Waals surface area contributed by atoms with Gasteiger partial charge in [-0.2, -0.15) is 0 Å². The van der Waals surface area contributed by atoms with Gasteiger partial charge in [-0.15, -0.1) is 12.4 Å². The minimum atomic E-state index is 0. The first-order valence-electron chi connectivity index (χ1n) is 10.8.